The number of aryl methyl sites for hydroxylation is 5. The van der Waals surface area contributed by atoms with Crippen LogP contribution >= 0.6 is 0 Å². The summed E-state index contributed by atoms with van der Waals surface area (Å²) in [5, 5.41) is 4.52. The van der Waals surface area contributed by atoms with E-state index in [-0.39, 0.29) is 6.04 Å². The van der Waals surface area contributed by atoms with Crippen LogP contribution in [-0.4, -0.2) is 9.78 Å². The van der Waals surface area contributed by atoms with Gasteiger partial charge in [0.05, 0.1) is 11.7 Å². The zero-order chi connectivity index (χ0) is 15.6. The van der Waals surface area contributed by atoms with E-state index in [1.807, 2.05) is 11.7 Å². The lowest BCUT2D eigenvalue weighted by atomic mass is 9.92. The minimum absolute atomic E-state index is 0.103. The van der Waals surface area contributed by atoms with Crippen molar-refractivity contribution < 1.29 is 0 Å². The van der Waals surface area contributed by atoms with Crippen LogP contribution in [0.2, 0.25) is 0 Å². The average molecular weight is 286 g/mol. The highest BCUT2D eigenvalue weighted by molar-refractivity contribution is 5.40. The Bertz CT molecular complexity index is 605. The molecular weight excluding hydrogens is 260 g/mol. The Morgan fingerprint density at radius 1 is 1.19 bits per heavy atom. The van der Waals surface area contributed by atoms with Crippen LogP contribution in [0.1, 0.15) is 46.6 Å². The molecule has 1 aromatic heterocycles. The van der Waals surface area contributed by atoms with Crippen molar-refractivity contribution in [2.75, 3.05) is 0 Å². The van der Waals surface area contributed by atoms with E-state index in [1.165, 1.54) is 27.9 Å². The number of nitrogens with zero attached hydrogens (tertiary/aromatic N) is 2. The number of hydrazine groups is 1. The van der Waals surface area contributed by atoms with E-state index in [9.17, 15) is 0 Å². The molecule has 1 atom stereocenters. The lowest BCUT2D eigenvalue weighted by molar-refractivity contribution is 0.525. The maximum atomic E-state index is 5.84. The minimum atomic E-state index is 0.103. The smallest absolute Gasteiger partial charge is 0.0624 e. The maximum absolute atomic E-state index is 5.84. The van der Waals surface area contributed by atoms with Crippen LogP contribution in [0, 0.1) is 20.8 Å². The Hall–Kier alpha value is -1.65. The van der Waals surface area contributed by atoms with Crippen molar-refractivity contribution in [3.05, 3.63) is 51.8 Å². The van der Waals surface area contributed by atoms with Gasteiger partial charge in [-0.2, -0.15) is 5.10 Å². The summed E-state index contributed by atoms with van der Waals surface area (Å²) in [6.07, 6.45) is 1.79. The molecule has 1 aromatic carbocycles. The number of benzene rings is 1. The summed E-state index contributed by atoms with van der Waals surface area (Å²) in [7, 11) is 2.00. The molecule has 2 aromatic rings. The van der Waals surface area contributed by atoms with E-state index in [0.29, 0.717) is 0 Å². The van der Waals surface area contributed by atoms with Crippen molar-refractivity contribution in [2.45, 2.75) is 46.6 Å². The van der Waals surface area contributed by atoms with E-state index in [2.05, 4.69) is 56.4 Å². The second-order valence-corrected chi connectivity index (χ2v) is 5.84. The van der Waals surface area contributed by atoms with Gasteiger partial charge >= 0.3 is 0 Å². The Labute approximate surface area is 127 Å². The van der Waals surface area contributed by atoms with Crippen LogP contribution in [0.25, 0.3) is 0 Å². The summed E-state index contributed by atoms with van der Waals surface area (Å²) >= 11 is 0. The van der Waals surface area contributed by atoms with Crippen molar-refractivity contribution in [3.63, 3.8) is 0 Å². The Morgan fingerprint density at radius 3 is 2.29 bits per heavy atom. The number of nitrogens with one attached hydrogen (secondary N) is 1. The van der Waals surface area contributed by atoms with Gasteiger partial charge in [0, 0.05) is 19.2 Å². The fraction of sp³-hybridized carbons (Fsp3) is 0.471. The fourth-order valence-corrected chi connectivity index (χ4v) is 3.13. The summed E-state index contributed by atoms with van der Waals surface area (Å²) in [5.41, 5.74) is 10.5. The first-order chi connectivity index (χ1) is 9.96. The van der Waals surface area contributed by atoms with Crippen LogP contribution in [-0.2, 0) is 19.9 Å². The van der Waals surface area contributed by atoms with Crippen molar-refractivity contribution >= 4 is 0 Å². The number of aromatic nitrogens is 2. The quantitative estimate of drug-likeness (QED) is 0.656. The first-order valence-corrected chi connectivity index (χ1v) is 7.51. The maximum Gasteiger partial charge on any atom is 0.0624 e. The third-order valence-corrected chi connectivity index (χ3v) is 4.09. The van der Waals surface area contributed by atoms with Gasteiger partial charge in [0.15, 0.2) is 0 Å². The Morgan fingerprint density at radius 2 is 1.81 bits per heavy atom. The molecule has 0 fully saturated rings. The second kappa shape index (κ2) is 6.41. The molecule has 21 heavy (non-hydrogen) atoms. The van der Waals surface area contributed by atoms with Gasteiger partial charge in [0.2, 0.25) is 0 Å². The van der Waals surface area contributed by atoms with Crippen molar-refractivity contribution in [1.82, 2.24) is 15.2 Å². The summed E-state index contributed by atoms with van der Waals surface area (Å²) in [6.45, 7) is 8.56. The largest absolute Gasteiger partial charge is 0.272 e. The molecule has 0 aliphatic rings. The molecule has 1 unspecified atom stereocenters. The summed E-state index contributed by atoms with van der Waals surface area (Å²) in [5.74, 6) is 5.84. The normalized spacial score (nSPS) is 12.7. The molecule has 0 amide bonds. The van der Waals surface area contributed by atoms with Crippen LogP contribution in [0.15, 0.2) is 18.2 Å². The molecular formula is C17H26N4. The highest BCUT2D eigenvalue weighted by Crippen LogP contribution is 2.26. The molecule has 0 saturated heterocycles. The van der Waals surface area contributed by atoms with Gasteiger partial charge in [-0.05, 0) is 49.9 Å². The first-order valence-electron chi connectivity index (χ1n) is 7.51. The molecule has 0 radical (unpaired) electrons. The van der Waals surface area contributed by atoms with Gasteiger partial charge in [-0.1, -0.05) is 24.6 Å². The predicted octanol–water partition coefficient (Wildman–Crippen LogP) is 2.65. The van der Waals surface area contributed by atoms with Crippen LogP contribution in [0.3, 0.4) is 0 Å². The second-order valence-electron chi connectivity index (χ2n) is 5.84. The number of nitrogens with two attached hydrogens (primary N) is 1. The average Bonchev–Trinajstić information content (AvgIpc) is 2.77. The lowest BCUT2D eigenvalue weighted by Gasteiger charge is -2.21. The molecule has 0 saturated carbocycles. The van der Waals surface area contributed by atoms with Gasteiger partial charge in [0.1, 0.15) is 0 Å². The molecule has 114 valence electrons. The van der Waals surface area contributed by atoms with Crippen LogP contribution < -0.4 is 11.3 Å². The number of rotatable bonds is 5. The summed E-state index contributed by atoms with van der Waals surface area (Å²) in [6, 6.07) is 6.70. The zero-order valence-electron chi connectivity index (χ0n) is 13.7. The third kappa shape index (κ3) is 3.34. The molecule has 0 spiro atoms. The molecule has 0 aliphatic carbocycles. The summed E-state index contributed by atoms with van der Waals surface area (Å²) < 4.78 is 1.96. The first kappa shape index (κ1) is 15.7. The monoisotopic (exact) mass is 286 g/mol. The van der Waals surface area contributed by atoms with Crippen LogP contribution in [0.5, 0.6) is 0 Å². The van der Waals surface area contributed by atoms with Gasteiger partial charge in [-0.15, -0.1) is 0 Å². The van der Waals surface area contributed by atoms with Gasteiger partial charge in [-0.3, -0.25) is 16.0 Å². The van der Waals surface area contributed by atoms with Crippen molar-refractivity contribution in [1.29, 1.82) is 0 Å². The van der Waals surface area contributed by atoms with Crippen molar-refractivity contribution in [3.8, 4) is 0 Å². The van der Waals surface area contributed by atoms with Crippen LogP contribution in [0.4, 0.5) is 0 Å². The number of hydrogen-bond acceptors (Lipinski definition) is 3. The number of hydrogen-bond donors (Lipinski definition) is 2. The van der Waals surface area contributed by atoms with Gasteiger partial charge in [0.25, 0.3) is 0 Å². The molecule has 2 rings (SSSR count). The Balaban J connectivity index is 2.34. The topological polar surface area (TPSA) is 55.9 Å². The molecule has 4 nitrogen and oxygen atoms in total. The van der Waals surface area contributed by atoms with E-state index < -0.39 is 0 Å². The highest BCUT2D eigenvalue weighted by Gasteiger charge is 2.18. The molecule has 4 heteroatoms. The van der Waals surface area contributed by atoms with E-state index in [1.54, 1.807) is 0 Å². The summed E-state index contributed by atoms with van der Waals surface area (Å²) in [4.78, 5) is 0. The molecule has 1 heterocycles. The standard InChI is InChI=1S/C17H26N4/c1-6-14-9-15(21(5)20-14)10-16(19-18)17-12(3)7-11(2)8-13(17)4/h7-9,16,19H,6,10,18H2,1-5H3. The molecule has 0 bridgehead atoms. The molecule has 0 aliphatic heterocycles. The van der Waals surface area contributed by atoms with E-state index in [4.69, 9.17) is 5.84 Å². The third-order valence-electron chi connectivity index (χ3n) is 4.09. The zero-order valence-corrected chi connectivity index (χ0v) is 13.7. The Kier molecular flexibility index (Phi) is 4.80. The van der Waals surface area contributed by atoms with Gasteiger partial charge < -0.3 is 0 Å². The minimum Gasteiger partial charge on any atom is -0.272 e. The SMILES string of the molecule is CCc1cc(CC(NN)c2c(C)cc(C)cc2C)n(C)n1. The van der Waals surface area contributed by atoms with E-state index in [0.717, 1.165) is 18.5 Å². The van der Waals surface area contributed by atoms with E-state index >= 15 is 0 Å². The van der Waals surface area contributed by atoms with Crippen molar-refractivity contribution in [2.24, 2.45) is 12.9 Å². The fourth-order valence-electron chi connectivity index (χ4n) is 3.13. The lowest BCUT2D eigenvalue weighted by Crippen LogP contribution is -2.31. The highest BCUT2D eigenvalue weighted by atomic mass is 15.3. The van der Waals surface area contributed by atoms with Gasteiger partial charge in [-0.25, -0.2) is 0 Å². The predicted molar refractivity (Wildman–Crippen MR) is 87.0 cm³/mol. The molecule has 3 N–H and O–H groups in total.